The van der Waals surface area contributed by atoms with Gasteiger partial charge in [-0.2, -0.15) is 0 Å². The maximum Gasteiger partial charge on any atom is 0.270 e. The van der Waals surface area contributed by atoms with Crippen LogP contribution in [0.4, 0.5) is 5.69 Å². The van der Waals surface area contributed by atoms with Crippen molar-refractivity contribution < 1.29 is 14.4 Å². The summed E-state index contributed by atoms with van der Waals surface area (Å²) in [7, 11) is 1.98. The summed E-state index contributed by atoms with van der Waals surface area (Å²) in [6.45, 7) is 1.85. The molecule has 0 spiro atoms. The van der Waals surface area contributed by atoms with Gasteiger partial charge in [0, 0.05) is 36.3 Å². The van der Waals surface area contributed by atoms with Gasteiger partial charge in [0.05, 0.1) is 11.5 Å². The molecule has 6 nitrogen and oxygen atoms in total. The van der Waals surface area contributed by atoms with E-state index in [0.29, 0.717) is 18.9 Å². The molecule has 1 aliphatic rings. The summed E-state index contributed by atoms with van der Waals surface area (Å²) in [6, 6.07) is 13.2. The summed E-state index contributed by atoms with van der Waals surface area (Å²) >= 11 is 0. The summed E-state index contributed by atoms with van der Waals surface area (Å²) in [6.07, 6.45) is 0. The molecule has 0 saturated carbocycles. The Morgan fingerprint density at radius 3 is 2.74 bits per heavy atom. The highest BCUT2D eigenvalue weighted by Crippen LogP contribution is 2.33. The van der Waals surface area contributed by atoms with Crippen LogP contribution in [-0.2, 0) is 24.4 Å². The Morgan fingerprint density at radius 2 is 2.00 bits per heavy atom. The second-order valence-corrected chi connectivity index (χ2v) is 5.62. The topological polar surface area (TPSA) is 64.8 Å². The third-order valence-electron chi connectivity index (χ3n) is 3.72. The van der Waals surface area contributed by atoms with Crippen LogP contribution in [0.25, 0.3) is 0 Å². The molecule has 0 unspecified atom stereocenters. The number of nitrogens with zero attached hydrogens (tertiary/aromatic N) is 2. The third-order valence-corrected chi connectivity index (χ3v) is 3.72. The second-order valence-electron chi connectivity index (χ2n) is 5.62. The Morgan fingerprint density at radius 1 is 1.22 bits per heavy atom. The number of hydrogen-bond acceptors (Lipinski definition) is 5. The first-order valence-corrected chi connectivity index (χ1v) is 7.36. The Kier molecular flexibility index (Phi) is 4.55. The van der Waals surface area contributed by atoms with Crippen molar-refractivity contribution in [2.45, 2.75) is 19.7 Å². The first-order chi connectivity index (χ1) is 11.1. The van der Waals surface area contributed by atoms with Gasteiger partial charge in [-0.1, -0.05) is 30.3 Å². The minimum Gasteiger partial charge on any atom is -0.467 e. The van der Waals surface area contributed by atoms with E-state index < -0.39 is 0 Å². The first kappa shape index (κ1) is 15.5. The van der Waals surface area contributed by atoms with Crippen LogP contribution >= 0.6 is 0 Å². The molecule has 2 aromatic carbocycles. The molecule has 0 N–H and O–H groups in total. The summed E-state index contributed by atoms with van der Waals surface area (Å²) < 4.78 is 10.8. The number of benzene rings is 2. The van der Waals surface area contributed by atoms with E-state index in [1.165, 1.54) is 11.6 Å². The molecule has 23 heavy (non-hydrogen) atoms. The summed E-state index contributed by atoms with van der Waals surface area (Å²) in [5.74, 6) is 0.710. The molecule has 0 radical (unpaired) electrons. The summed E-state index contributed by atoms with van der Waals surface area (Å²) in [5.41, 5.74) is 2.81. The molecule has 6 heteroatoms. The van der Waals surface area contributed by atoms with E-state index in [1.807, 2.05) is 25.2 Å². The van der Waals surface area contributed by atoms with Crippen molar-refractivity contribution in [3.8, 4) is 5.75 Å². The quantitative estimate of drug-likeness (QED) is 0.627. The predicted octanol–water partition coefficient (Wildman–Crippen LogP) is 3.09. The molecule has 3 rings (SSSR count). The van der Waals surface area contributed by atoms with E-state index in [1.54, 1.807) is 6.07 Å². The van der Waals surface area contributed by atoms with E-state index in [4.69, 9.17) is 9.47 Å². The zero-order valence-electron chi connectivity index (χ0n) is 12.9. The molecule has 120 valence electrons. The van der Waals surface area contributed by atoms with Gasteiger partial charge in [-0.15, -0.1) is 0 Å². The lowest BCUT2D eigenvalue weighted by Crippen LogP contribution is -2.20. The number of non-ortho nitro benzene ring substituents is 1. The van der Waals surface area contributed by atoms with Gasteiger partial charge in [0.25, 0.3) is 5.69 Å². The fourth-order valence-corrected chi connectivity index (χ4v) is 2.75. The normalized spacial score (nSPS) is 13.5. The largest absolute Gasteiger partial charge is 0.467 e. The van der Waals surface area contributed by atoms with Gasteiger partial charge < -0.3 is 9.47 Å². The van der Waals surface area contributed by atoms with Crippen molar-refractivity contribution in [1.82, 2.24) is 4.90 Å². The van der Waals surface area contributed by atoms with Crippen LogP contribution in [0.2, 0.25) is 0 Å². The van der Waals surface area contributed by atoms with E-state index in [-0.39, 0.29) is 17.4 Å². The molecule has 0 fully saturated rings. The van der Waals surface area contributed by atoms with Crippen LogP contribution < -0.4 is 4.74 Å². The first-order valence-electron chi connectivity index (χ1n) is 7.36. The fraction of sp³-hybridized carbons (Fsp3) is 0.294. The minimum absolute atomic E-state index is 0.0703. The zero-order valence-corrected chi connectivity index (χ0v) is 12.9. The zero-order chi connectivity index (χ0) is 16.2. The van der Waals surface area contributed by atoms with Crippen LogP contribution in [-0.4, -0.2) is 23.7 Å². The Labute approximate surface area is 134 Å². The maximum atomic E-state index is 11.1. The van der Waals surface area contributed by atoms with Gasteiger partial charge >= 0.3 is 0 Å². The van der Waals surface area contributed by atoms with E-state index >= 15 is 0 Å². The SMILES string of the molecule is CN(Cc1ccccc1)Cc1cc([N+](=O)[O-])cc2c1OCOC2. The highest BCUT2D eigenvalue weighted by Gasteiger charge is 2.21. The van der Waals surface area contributed by atoms with Gasteiger partial charge in [0.2, 0.25) is 0 Å². The molecule has 2 aromatic rings. The van der Waals surface area contributed by atoms with Gasteiger partial charge in [-0.25, -0.2) is 0 Å². The number of rotatable bonds is 5. The number of ether oxygens (including phenoxy) is 2. The lowest BCUT2D eigenvalue weighted by molar-refractivity contribution is -0.385. The Balaban J connectivity index is 1.83. The number of hydrogen-bond donors (Lipinski definition) is 0. The van der Waals surface area contributed by atoms with Gasteiger partial charge in [-0.3, -0.25) is 15.0 Å². The van der Waals surface area contributed by atoms with Crippen molar-refractivity contribution in [1.29, 1.82) is 0 Å². The van der Waals surface area contributed by atoms with Crippen LogP contribution in [0, 0.1) is 10.1 Å². The van der Waals surface area contributed by atoms with E-state index in [9.17, 15) is 10.1 Å². The lowest BCUT2D eigenvalue weighted by Gasteiger charge is -2.23. The number of nitro benzene ring substituents is 1. The van der Waals surface area contributed by atoms with Crippen molar-refractivity contribution >= 4 is 5.69 Å². The molecule has 0 saturated heterocycles. The summed E-state index contributed by atoms with van der Waals surface area (Å²) in [5, 5.41) is 11.1. The van der Waals surface area contributed by atoms with Crippen LogP contribution in [0.3, 0.4) is 0 Å². The van der Waals surface area contributed by atoms with Crippen LogP contribution in [0.1, 0.15) is 16.7 Å². The smallest absolute Gasteiger partial charge is 0.270 e. The standard InChI is InChI=1S/C17H18N2O4/c1-18(9-13-5-3-2-4-6-13)10-14-7-16(19(20)21)8-15-11-22-12-23-17(14)15/h2-8H,9-12H2,1H3. The third kappa shape index (κ3) is 3.67. The lowest BCUT2D eigenvalue weighted by atomic mass is 10.1. The van der Waals surface area contributed by atoms with Crippen molar-refractivity contribution in [3.63, 3.8) is 0 Å². The molecule has 0 amide bonds. The fourth-order valence-electron chi connectivity index (χ4n) is 2.75. The highest BCUT2D eigenvalue weighted by molar-refractivity contribution is 5.50. The molecular formula is C17H18N2O4. The maximum absolute atomic E-state index is 11.1. The highest BCUT2D eigenvalue weighted by atomic mass is 16.7. The van der Waals surface area contributed by atoms with Crippen molar-refractivity contribution in [2.24, 2.45) is 0 Å². The average Bonchev–Trinajstić information content (AvgIpc) is 2.55. The molecule has 0 bridgehead atoms. The molecule has 1 heterocycles. The molecule has 1 aliphatic heterocycles. The number of nitro groups is 1. The summed E-state index contributed by atoms with van der Waals surface area (Å²) in [4.78, 5) is 12.9. The van der Waals surface area contributed by atoms with Gasteiger partial charge in [0.15, 0.2) is 6.79 Å². The van der Waals surface area contributed by atoms with E-state index in [2.05, 4.69) is 17.0 Å². The molecule has 0 atom stereocenters. The Bertz CT molecular complexity index is 703. The number of fused-ring (bicyclic) bond motifs is 1. The van der Waals surface area contributed by atoms with Crippen molar-refractivity contribution in [3.05, 3.63) is 69.3 Å². The second kappa shape index (κ2) is 6.76. The predicted molar refractivity (Wildman–Crippen MR) is 85.0 cm³/mol. The van der Waals surface area contributed by atoms with Gasteiger partial charge in [-0.05, 0) is 12.6 Å². The van der Waals surface area contributed by atoms with Crippen molar-refractivity contribution in [2.75, 3.05) is 13.8 Å². The van der Waals surface area contributed by atoms with Gasteiger partial charge in [0.1, 0.15) is 5.75 Å². The minimum atomic E-state index is -0.379. The average molecular weight is 314 g/mol. The van der Waals surface area contributed by atoms with Crippen LogP contribution in [0.5, 0.6) is 5.75 Å². The molecule has 0 aliphatic carbocycles. The molecule has 0 aromatic heterocycles. The van der Waals surface area contributed by atoms with Crippen LogP contribution in [0.15, 0.2) is 42.5 Å². The monoisotopic (exact) mass is 314 g/mol. The Hall–Kier alpha value is -2.44. The van der Waals surface area contributed by atoms with E-state index in [0.717, 1.165) is 17.7 Å². The molecular weight excluding hydrogens is 296 g/mol.